The first-order chi connectivity index (χ1) is 7.50. The molecule has 1 unspecified atom stereocenters. The molecule has 1 atom stereocenters. The summed E-state index contributed by atoms with van der Waals surface area (Å²) in [5.41, 5.74) is 0. The summed E-state index contributed by atoms with van der Waals surface area (Å²) in [4.78, 5) is 17.5. The molecule has 4 nitrogen and oxygen atoms in total. The van der Waals surface area contributed by atoms with Crippen molar-refractivity contribution in [1.29, 1.82) is 0 Å². The van der Waals surface area contributed by atoms with Crippen LogP contribution >= 0.6 is 11.6 Å². The van der Waals surface area contributed by atoms with Crippen LogP contribution in [0.1, 0.15) is 13.8 Å². The van der Waals surface area contributed by atoms with Crippen LogP contribution in [0.4, 0.5) is 5.82 Å². The molecule has 2 rings (SSSR count). The number of hydrogen-bond acceptors (Lipinski definition) is 3. The van der Waals surface area contributed by atoms with Gasteiger partial charge in [-0.25, -0.2) is 4.98 Å². The van der Waals surface area contributed by atoms with E-state index in [0.29, 0.717) is 16.6 Å². The molecule has 0 bridgehead atoms. The maximum Gasteiger partial charge on any atom is 0.269 e. The normalized spacial score (nSPS) is 19.7. The molecule has 0 aromatic carbocycles. The number of nitrogens with zero attached hydrogens (tertiary/aromatic N) is 2. The van der Waals surface area contributed by atoms with E-state index in [1.165, 1.54) is 11.1 Å². The Balaban J connectivity index is 2.44. The SMILES string of the molecule is CC(C)C1Oc2cc(Cl)cnc2N(C)C1=O. The Bertz CT molecular complexity index is 434. The van der Waals surface area contributed by atoms with Gasteiger partial charge in [0.2, 0.25) is 0 Å². The monoisotopic (exact) mass is 240 g/mol. The van der Waals surface area contributed by atoms with E-state index in [2.05, 4.69) is 4.98 Å². The average Bonchev–Trinajstić information content (AvgIpc) is 2.22. The lowest BCUT2D eigenvalue weighted by atomic mass is 10.0. The van der Waals surface area contributed by atoms with E-state index in [0.717, 1.165) is 0 Å². The Morgan fingerprint density at radius 1 is 1.56 bits per heavy atom. The lowest BCUT2D eigenvalue weighted by Crippen LogP contribution is -2.46. The number of rotatable bonds is 1. The van der Waals surface area contributed by atoms with Gasteiger partial charge >= 0.3 is 0 Å². The second-order valence-electron chi connectivity index (χ2n) is 4.16. The van der Waals surface area contributed by atoms with Gasteiger partial charge in [-0.3, -0.25) is 9.69 Å². The summed E-state index contributed by atoms with van der Waals surface area (Å²) in [7, 11) is 1.69. The van der Waals surface area contributed by atoms with E-state index in [4.69, 9.17) is 16.3 Å². The van der Waals surface area contributed by atoms with Gasteiger partial charge in [0.05, 0.1) is 5.02 Å². The summed E-state index contributed by atoms with van der Waals surface area (Å²) >= 11 is 5.84. The van der Waals surface area contributed by atoms with Crippen LogP contribution < -0.4 is 9.64 Å². The molecule has 5 heteroatoms. The lowest BCUT2D eigenvalue weighted by molar-refractivity contribution is -0.127. The van der Waals surface area contributed by atoms with E-state index in [1.54, 1.807) is 13.1 Å². The zero-order chi connectivity index (χ0) is 11.9. The third kappa shape index (κ3) is 1.73. The largest absolute Gasteiger partial charge is 0.476 e. The predicted octanol–water partition coefficient (Wildman–Crippen LogP) is 2.11. The highest BCUT2D eigenvalue weighted by molar-refractivity contribution is 6.30. The minimum absolute atomic E-state index is 0.0719. The fourth-order valence-corrected chi connectivity index (χ4v) is 1.80. The number of likely N-dealkylation sites (N-methyl/N-ethyl adjacent to an activating group) is 1. The number of hydrogen-bond donors (Lipinski definition) is 0. The van der Waals surface area contributed by atoms with Crippen molar-refractivity contribution < 1.29 is 9.53 Å². The Morgan fingerprint density at radius 2 is 2.25 bits per heavy atom. The van der Waals surface area contributed by atoms with Gasteiger partial charge in [-0.2, -0.15) is 0 Å². The molecular weight excluding hydrogens is 228 g/mol. The first-order valence-corrected chi connectivity index (χ1v) is 5.48. The van der Waals surface area contributed by atoms with Crippen LogP contribution in [-0.2, 0) is 4.79 Å². The molecule has 0 aliphatic carbocycles. The van der Waals surface area contributed by atoms with Crippen LogP contribution in [0.3, 0.4) is 0 Å². The van der Waals surface area contributed by atoms with Crippen molar-refractivity contribution in [2.45, 2.75) is 20.0 Å². The van der Waals surface area contributed by atoms with E-state index in [9.17, 15) is 4.79 Å². The number of fused-ring (bicyclic) bond motifs is 1. The predicted molar refractivity (Wildman–Crippen MR) is 61.9 cm³/mol. The molecule has 0 saturated heterocycles. The standard InChI is InChI=1S/C11H13ClN2O2/c1-6(2)9-11(15)14(3)10-8(16-9)4-7(12)5-13-10/h4-6,9H,1-3H3. The van der Waals surface area contributed by atoms with E-state index in [1.807, 2.05) is 13.8 Å². The molecule has 0 saturated carbocycles. The molecule has 1 aliphatic heterocycles. The van der Waals surface area contributed by atoms with Crippen molar-refractivity contribution in [3.8, 4) is 5.75 Å². The summed E-state index contributed by atoms with van der Waals surface area (Å²) in [6, 6.07) is 1.68. The van der Waals surface area contributed by atoms with Crippen LogP contribution in [0.2, 0.25) is 5.02 Å². The second-order valence-corrected chi connectivity index (χ2v) is 4.59. The highest BCUT2D eigenvalue weighted by Crippen LogP contribution is 2.34. The average molecular weight is 241 g/mol. The minimum atomic E-state index is -0.460. The topological polar surface area (TPSA) is 42.4 Å². The number of carbonyl (C=O) groups excluding carboxylic acids is 1. The van der Waals surface area contributed by atoms with Gasteiger partial charge < -0.3 is 4.74 Å². The summed E-state index contributed by atoms with van der Waals surface area (Å²) in [5.74, 6) is 1.12. The number of halogens is 1. The van der Waals surface area contributed by atoms with Crippen LogP contribution in [0.15, 0.2) is 12.3 Å². The van der Waals surface area contributed by atoms with Crippen molar-refractivity contribution in [3.63, 3.8) is 0 Å². The summed E-state index contributed by atoms with van der Waals surface area (Å²) in [6.07, 6.45) is 1.04. The van der Waals surface area contributed by atoms with Crippen LogP contribution in [-0.4, -0.2) is 24.0 Å². The van der Waals surface area contributed by atoms with Crippen molar-refractivity contribution in [2.75, 3.05) is 11.9 Å². The fraction of sp³-hybridized carbons (Fsp3) is 0.455. The van der Waals surface area contributed by atoms with Crippen molar-refractivity contribution in [3.05, 3.63) is 17.3 Å². The zero-order valence-electron chi connectivity index (χ0n) is 9.40. The highest BCUT2D eigenvalue weighted by Gasteiger charge is 2.35. The van der Waals surface area contributed by atoms with Gasteiger partial charge in [0, 0.05) is 19.3 Å². The Labute approximate surface area is 99.2 Å². The molecule has 0 radical (unpaired) electrons. The van der Waals surface area contributed by atoms with Gasteiger partial charge in [0.1, 0.15) is 0 Å². The number of amides is 1. The number of ether oxygens (including phenoxy) is 1. The maximum atomic E-state index is 11.9. The molecule has 0 spiro atoms. The van der Waals surface area contributed by atoms with E-state index < -0.39 is 6.10 Å². The smallest absolute Gasteiger partial charge is 0.269 e. The van der Waals surface area contributed by atoms with Crippen molar-refractivity contribution in [1.82, 2.24) is 4.98 Å². The molecule has 2 heterocycles. The molecule has 1 aromatic heterocycles. The molecule has 1 aromatic rings. The Hall–Kier alpha value is -1.29. The molecule has 0 fully saturated rings. The molecular formula is C11H13ClN2O2. The zero-order valence-corrected chi connectivity index (χ0v) is 10.2. The van der Waals surface area contributed by atoms with Gasteiger partial charge in [-0.15, -0.1) is 0 Å². The fourth-order valence-electron chi connectivity index (χ4n) is 1.66. The molecule has 0 N–H and O–H groups in total. The first kappa shape index (κ1) is 11.2. The van der Waals surface area contributed by atoms with Gasteiger partial charge in [0.25, 0.3) is 5.91 Å². The first-order valence-electron chi connectivity index (χ1n) is 5.10. The number of anilines is 1. The summed E-state index contributed by atoms with van der Waals surface area (Å²) in [5, 5.41) is 0.504. The molecule has 16 heavy (non-hydrogen) atoms. The number of carbonyl (C=O) groups is 1. The van der Waals surface area contributed by atoms with Crippen LogP contribution in [0.25, 0.3) is 0 Å². The van der Waals surface area contributed by atoms with E-state index >= 15 is 0 Å². The van der Waals surface area contributed by atoms with Gasteiger partial charge in [0.15, 0.2) is 17.7 Å². The maximum absolute atomic E-state index is 11.9. The molecule has 1 aliphatic rings. The summed E-state index contributed by atoms with van der Waals surface area (Å²) in [6.45, 7) is 3.89. The minimum Gasteiger partial charge on any atom is -0.476 e. The Morgan fingerprint density at radius 3 is 2.88 bits per heavy atom. The lowest BCUT2D eigenvalue weighted by Gasteiger charge is -2.32. The third-order valence-corrected chi connectivity index (χ3v) is 2.76. The third-order valence-electron chi connectivity index (χ3n) is 2.55. The molecule has 86 valence electrons. The quantitative estimate of drug-likeness (QED) is 0.755. The number of aromatic nitrogens is 1. The highest BCUT2D eigenvalue weighted by atomic mass is 35.5. The summed E-state index contributed by atoms with van der Waals surface area (Å²) < 4.78 is 5.62. The van der Waals surface area contributed by atoms with E-state index in [-0.39, 0.29) is 11.8 Å². The van der Waals surface area contributed by atoms with Crippen LogP contribution in [0.5, 0.6) is 5.75 Å². The van der Waals surface area contributed by atoms with Gasteiger partial charge in [-0.05, 0) is 5.92 Å². The molecule has 1 amide bonds. The Kier molecular flexibility index (Phi) is 2.76. The number of pyridine rings is 1. The second kappa shape index (κ2) is 3.94. The van der Waals surface area contributed by atoms with Crippen LogP contribution in [0, 0.1) is 5.92 Å². The van der Waals surface area contributed by atoms with Crippen molar-refractivity contribution >= 4 is 23.3 Å². The van der Waals surface area contributed by atoms with Crippen molar-refractivity contribution in [2.24, 2.45) is 5.92 Å². The van der Waals surface area contributed by atoms with Gasteiger partial charge in [-0.1, -0.05) is 25.4 Å².